The third kappa shape index (κ3) is 3.00. The number of furan rings is 1. The largest absolute Gasteiger partial charge is 0.452 e. The van der Waals surface area contributed by atoms with Crippen molar-refractivity contribution < 1.29 is 8.81 Å². The molecule has 0 saturated carbocycles. The standard InChI is InChI=1S/C14H15BrFNO/c1-2-9-17-14(12-7-8-13(15)18-12)10-5-3-4-6-11(10)16/h3-8,14,17H,2,9H2,1H3. The van der Waals surface area contributed by atoms with E-state index in [1.54, 1.807) is 12.1 Å². The average molecular weight is 312 g/mol. The first-order chi connectivity index (χ1) is 8.72. The molecule has 0 bridgehead atoms. The topological polar surface area (TPSA) is 25.2 Å². The Morgan fingerprint density at radius 3 is 2.67 bits per heavy atom. The smallest absolute Gasteiger partial charge is 0.169 e. The summed E-state index contributed by atoms with van der Waals surface area (Å²) >= 11 is 3.27. The van der Waals surface area contributed by atoms with Crippen LogP contribution in [0, 0.1) is 5.82 Å². The Bertz CT molecular complexity index is 512. The van der Waals surface area contributed by atoms with E-state index in [4.69, 9.17) is 4.42 Å². The number of benzene rings is 1. The Labute approximate surface area is 114 Å². The predicted octanol–water partition coefficient (Wildman–Crippen LogP) is 4.27. The first-order valence-electron chi connectivity index (χ1n) is 5.95. The van der Waals surface area contributed by atoms with E-state index in [0.717, 1.165) is 13.0 Å². The third-order valence-electron chi connectivity index (χ3n) is 2.69. The fourth-order valence-corrected chi connectivity index (χ4v) is 2.16. The molecule has 1 atom stereocenters. The maximum Gasteiger partial charge on any atom is 0.169 e. The first-order valence-corrected chi connectivity index (χ1v) is 6.74. The number of hydrogen-bond acceptors (Lipinski definition) is 2. The molecule has 1 heterocycles. The van der Waals surface area contributed by atoms with E-state index < -0.39 is 0 Å². The lowest BCUT2D eigenvalue weighted by atomic mass is 10.0. The minimum atomic E-state index is -0.252. The molecule has 96 valence electrons. The average Bonchev–Trinajstić information content (AvgIpc) is 2.78. The van der Waals surface area contributed by atoms with Gasteiger partial charge in [0.2, 0.25) is 0 Å². The predicted molar refractivity (Wildman–Crippen MR) is 72.9 cm³/mol. The van der Waals surface area contributed by atoms with Gasteiger partial charge in [-0.3, -0.25) is 0 Å². The molecule has 4 heteroatoms. The molecule has 0 aliphatic heterocycles. The van der Waals surface area contributed by atoms with Gasteiger partial charge in [-0.25, -0.2) is 4.39 Å². The highest BCUT2D eigenvalue weighted by Gasteiger charge is 2.19. The molecule has 1 unspecified atom stereocenters. The van der Waals surface area contributed by atoms with Crippen LogP contribution in [0.15, 0.2) is 45.5 Å². The van der Waals surface area contributed by atoms with Gasteiger partial charge in [0.1, 0.15) is 11.6 Å². The van der Waals surface area contributed by atoms with Crippen LogP contribution in [0.4, 0.5) is 4.39 Å². The van der Waals surface area contributed by atoms with Crippen molar-refractivity contribution in [3.05, 3.63) is 58.2 Å². The molecule has 0 aliphatic rings. The molecule has 1 aromatic heterocycles. The summed E-state index contributed by atoms with van der Waals surface area (Å²) in [6.45, 7) is 2.88. The number of halogens is 2. The second kappa shape index (κ2) is 6.16. The summed E-state index contributed by atoms with van der Waals surface area (Å²) in [4.78, 5) is 0. The summed E-state index contributed by atoms with van der Waals surface area (Å²) in [5.41, 5.74) is 0.604. The van der Waals surface area contributed by atoms with Crippen molar-refractivity contribution >= 4 is 15.9 Å². The summed E-state index contributed by atoms with van der Waals surface area (Å²) in [6.07, 6.45) is 0.979. The molecule has 0 fully saturated rings. The first kappa shape index (κ1) is 13.3. The zero-order valence-electron chi connectivity index (χ0n) is 10.1. The van der Waals surface area contributed by atoms with Gasteiger partial charge in [0.15, 0.2) is 4.67 Å². The van der Waals surface area contributed by atoms with Crippen molar-refractivity contribution in [2.75, 3.05) is 6.54 Å². The minimum absolute atomic E-state index is 0.223. The summed E-state index contributed by atoms with van der Waals surface area (Å²) in [5, 5.41) is 3.30. The van der Waals surface area contributed by atoms with Crippen molar-refractivity contribution in [3.8, 4) is 0 Å². The van der Waals surface area contributed by atoms with Gasteiger partial charge >= 0.3 is 0 Å². The zero-order valence-corrected chi connectivity index (χ0v) is 11.7. The molecule has 2 aromatic rings. The van der Waals surface area contributed by atoms with Gasteiger partial charge in [-0.1, -0.05) is 25.1 Å². The SMILES string of the molecule is CCCNC(c1ccc(Br)o1)c1ccccc1F. The van der Waals surface area contributed by atoms with Gasteiger partial charge in [-0.2, -0.15) is 0 Å². The Balaban J connectivity index is 2.33. The summed E-state index contributed by atoms with van der Waals surface area (Å²) < 4.78 is 20.1. The third-order valence-corrected chi connectivity index (χ3v) is 3.12. The van der Waals surface area contributed by atoms with Gasteiger partial charge in [-0.15, -0.1) is 0 Å². The Hall–Kier alpha value is -1.13. The summed E-state index contributed by atoms with van der Waals surface area (Å²) in [5.74, 6) is 0.485. The number of rotatable bonds is 5. The van der Waals surface area contributed by atoms with E-state index in [1.807, 2.05) is 18.2 Å². The molecule has 2 nitrogen and oxygen atoms in total. The van der Waals surface area contributed by atoms with E-state index in [2.05, 4.69) is 28.2 Å². The quantitative estimate of drug-likeness (QED) is 0.892. The summed E-state index contributed by atoms with van der Waals surface area (Å²) in [6, 6.07) is 10.2. The van der Waals surface area contributed by atoms with Crippen LogP contribution in [0.3, 0.4) is 0 Å². The van der Waals surface area contributed by atoms with Crippen LogP contribution >= 0.6 is 15.9 Å². The van der Waals surface area contributed by atoms with Crippen LogP contribution < -0.4 is 5.32 Å². The molecule has 2 rings (SSSR count). The minimum Gasteiger partial charge on any atom is -0.452 e. The van der Waals surface area contributed by atoms with Gasteiger partial charge in [0.05, 0.1) is 6.04 Å². The van der Waals surface area contributed by atoms with Crippen LogP contribution in [0.1, 0.15) is 30.7 Å². The lowest BCUT2D eigenvalue weighted by Gasteiger charge is -2.17. The van der Waals surface area contributed by atoms with E-state index in [9.17, 15) is 4.39 Å². The molecular formula is C14H15BrFNO. The maximum atomic E-state index is 13.9. The fraction of sp³-hybridized carbons (Fsp3) is 0.286. The normalized spacial score (nSPS) is 12.6. The highest BCUT2D eigenvalue weighted by atomic mass is 79.9. The van der Waals surface area contributed by atoms with Crippen molar-refractivity contribution in [2.24, 2.45) is 0 Å². The monoisotopic (exact) mass is 311 g/mol. The summed E-state index contributed by atoms with van der Waals surface area (Å²) in [7, 11) is 0. The maximum absolute atomic E-state index is 13.9. The Kier molecular flexibility index (Phi) is 4.55. The van der Waals surface area contributed by atoms with Gasteiger partial charge in [0, 0.05) is 5.56 Å². The molecule has 18 heavy (non-hydrogen) atoms. The highest BCUT2D eigenvalue weighted by molar-refractivity contribution is 9.10. The molecule has 0 aliphatic carbocycles. The lowest BCUT2D eigenvalue weighted by Crippen LogP contribution is -2.23. The molecule has 1 N–H and O–H groups in total. The van der Waals surface area contributed by atoms with Crippen molar-refractivity contribution in [3.63, 3.8) is 0 Å². The lowest BCUT2D eigenvalue weighted by molar-refractivity contribution is 0.424. The number of hydrogen-bond donors (Lipinski definition) is 1. The van der Waals surface area contributed by atoms with E-state index in [0.29, 0.717) is 16.0 Å². The van der Waals surface area contributed by atoms with Crippen molar-refractivity contribution in [2.45, 2.75) is 19.4 Å². The molecule has 1 aromatic carbocycles. The van der Waals surface area contributed by atoms with Crippen LogP contribution in [-0.4, -0.2) is 6.54 Å². The van der Waals surface area contributed by atoms with E-state index in [1.165, 1.54) is 6.07 Å². The van der Waals surface area contributed by atoms with Crippen LogP contribution in [0.2, 0.25) is 0 Å². The van der Waals surface area contributed by atoms with Crippen molar-refractivity contribution in [1.29, 1.82) is 0 Å². The van der Waals surface area contributed by atoms with Crippen LogP contribution in [0.25, 0.3) is 0 Å². The fourth-order valence-electron chi connectivity index (χ4n) is 1.85. The molecular weight excluding hydrogens is 297 g/mol. The second-order valence-corrected chi connectivity index (χ2v) is 4.83. The van der Waals surface area contributed by atoms with Gasteiger partial charge < -0.3 is 9.73 Å². The van der Waals surface area contributed by atoms with Crippen LogP contribution in [0.5, 0.6) is 0 Å². The highest BCUT2D eigenvalue weighted by Crippen LogP contribution is 2.27. The van der Waals surface area contributed by atoms with Gasteiger partial charge in [0.25, 0.3) is 0 Å². The Morgan fingerprint density at radius 2 is 2.06 bits per heavy atom. The Morgan fingerprint density at radius 1 is 1.28 bits per heavy atom. The molecule has 0 spiro atoms. The van der Waals surface area contributed by atoms with Crippen LogP contribution in [-0.2, 0) is 0 Å². The molecule has 0 saturated heterocycles. The molecule has 0 radical (unpaired) electrons. The van der Waals surface area contributed by atoms with E-state index >= 15 is 0 Å². The molecule has 0 amide bonds. The zero-order chi connectivity index (χ0) is 13.0. The van der Waals surface area contributed by atoms with Gasteiger partial charge in [-0.05, 0) is 47.1 Å². The second-order valence-electron chi connectivity index (χ2n) is 4.05. The van der Waals surface area contributed by atoms with E-state index in [-0.39, 0.29) is 11.9 Å². The van der Waals surface area contributed by atoms with Crippen molar-refractivity contribution in [1.82, 2.24) is 5.32 Å². The number of nitrogens with one attached hydrogen (secondary N) is 1.